The number of hydrogen-bond donors (Lipinski definition) is 0. The molecule has 1 amide bonds. The second kappa shape index (κ2) is 5.92. The van der Waals surface area contributed by atoms with Crippen LogP contribution >= 0.6 is 0 Å². The predicted molar refractivity (Wildman–Crippen MR) is 90.2 cm³/mol. The molecule has 1 unspecified atom stereocenters. The highest BCUT2D eigenvalue weighted by molar-refractivity contribution is 7.91. The van der Waals surface area contributed by atoms with Crippen LogP contribution in [0, 0.1) is 6.92 Å². The number of nitrogens with zero attached hydrogens (tertiary/aromatic N) is 2. The largest absolute Gasteiger partial charge is 0.337 e. The zero-order valence-corrected chi connectivity index (χ0v) is 14.1. The van der Waals surface area contributed by atoms with Gasteiger partial charge in [-0.2, -0.15) is 0 Å². The molecule has 1 aromatic carbocycles. The lowest BCUT2D eigenvalue weighted by atomic mass is 10.0. The molecule has 2 heterocycles. The Morgan fingerprint density at radius 2 is 2.09 bits per heavy atom. The first kappa shape index (κ1) is 15.9. The third-order valence-corrected chi connectivity index (χ3v) is 6.07. The fourth-order valence-corrected chi connectivity index (χ4v) is 4.12. The Kier molecular flexibility index (Phi) is 4.10. The smallest absolute Gasteiger partial charge is 0.253 e. The lowest BCUT2D eigenvalue weighted by Crippen LogP contribution is -2.44. The van der Waals surface area contributed by atoms with Crippen molar-refractivity contribution in [3.05, 3.63) is 41.6 Å². The SMILES string of the molecule is Cc1ccnc2ccc(C(=O)N3CCCC(S(C)(=O)=O)C3)cc12. The Bertz CT molecular complexity index is 861. The van der Waals surface area contributed by atoms with Crippen LogP contribution in [0.5, 0.6) is 0 Å². The van der Waals surface area contributed by atoms with Gasteiger partial charge in [-0.05, 0) is 49.6 Å². The molecule has 122 valence electrons. The van der Waals surface area contributed by atoms with Gasteiger partial charge in [0.1, 0.15) is 0 Å². The molecule has 1 saturated heterocycles. The Balaban J connectivity index is 1.89. The molecular formula is C17H20N2O3S. The lowest BCUT2D eigenvalue weighted by Gasteiger charge is -2.31. The van der Waals surface area contributed by atoms with E-state index in [1.54, 1.807) is 17.2 Å². The monoisotopic (exact) mass is 332 g/mol. The van der Waals surface area contributed by atoms with Gasteiger partial charge in [0.2, 0.25) is 0 Å². The van der Waals surface area contributed by atoms with Crippen molar-refractivity contribution in [2.45, 2.75) is 25.0 Å². The van der Waals surface area contributed by atoms with Crippen LogP contribution in [0.15, 0.2) is 30.5 Å². The lowest BCUT2D eigenvalue weighted by molar-refractivity contribution is 0.0727. The van der Waals surface area contributed by atoms with E-state index >= 15 is 0 Å². The van der Waals surface area contributed by atoms with Crippen molar-refractivity contribution in [3.8, 4) is 0 Å². The van der Waals surface area contributed by atoms with Gasteiger partial charge >= 0.3 is 0 Å². The topological polar surface area (TPSA) is 67.3 Å². The molecule has 1 fully saturated rings. The van der Waals surface area contributed by atoms with Crippen LogP contribution < -0.4 is 0 Å². The molecule has 1 atom stereocenters. The molecule has 0 N–H and O–H groups in total. The Labute approximate surface area is 136 Å². The van der Waals surface area contributed by atoms with Crippen LogP contribution in [0.3, 0.4) is 0 Å². The summed E-state index contributed by atoms with van der Waals surface area (Å²) < 4.78 is 23.5. The second-order valence-corrected chi connectivity index (χ2v) is 8.53. The second-order valence-electron chi connectivity index (χ2n) is 6.20. The summed E-state index contributed by atoms with van der Waals surface area (Å²) in [5.74, 6) is -0.108. The van der Waals surface area contributed by atoms with Crippen molar-refractivity contribution < 1.29 is 13.2 Å². The standard InChI is InChI=1S/C17H20N2O3S/c1-12-7-8-18-16-6-5-13(10-15(12)16)17(20)19-9-3-4-14(11-19)23(2,21)22/h5-8,10,14H,3-4,9,11H2,1-2H3. The summed E-state index contributed by atoms with van der Waals surface area (Å²) in [5.41, 5.74) is 2.51. The number of amides is 1. The van der Waals surface area contributed by atoms with Crippen LogP contribution in [0.1, 0.15) is 28.8 Å². The maximum atomic E-state index is 12.7. The average molecular weight is 332 g/mol. The Morgan fingerprint density at radius 1 is 1.30 bits per heavy atom. The molecular weight excluding hydrogens is 312 g/mol. The van der Waals surface area contributed by atoms with E-state index in [-0.39, 0.29) is 12.5 Å². The molecule has 0 aliphatic carbocycles. The van der Waals surface area contributed by atoms with E-state index in [9.17, 15) is 13.2 Å². The van der Waals surface area contributed by atoms with Crippen molar-refractivity contribution in [2.24, 2.45) is 0 Å². The van der Waals surface area contributed by atoms with Crippen LogP contribution in [0.25, 0.3) is 10.9 Å². The third-order valence-electron chi connectivity index (χ3n) is 4.48. The molecule has 0 bridgehead atoms. The molecule has 23 heavy (non-hydrogen) atoms. The van der Waals surface area contributed by atoms with Crippen molar-refractivity contribution in [3.63, 3.8) is 0 Å². The minimum absolute atomic E-state index is 0.108. The van der Waals surface area contributed by atoms with Crippen molar-refractivity contribution in [1.29, 1.82) is 0 Å². The minimum Gasteiger partial charge on any atom is -0.337 e. The van der Waals surface area contributed by atoms with E-state index in [1.807, 2.05) is 25.1 Å². The van der Waals surface area contributed by atoms with Gasteiger partial charge in [-0.25, -0.2) is 8.42 Å². The molecule has 0 saturated carbocycles. The number of hydrogen-bond acceptors (Lipinski definition) is 4. The number of pyridine rings is 1. The van der Waals surface area contributed by atoms with E-state index in [0.717, 1.165) is 22.9 Å². The van der Waals surface area contributed by atoms with Crippen LogP contribution in [0.2, 0.25) is 0 Å². The average Bonchev–Trinajstić information content (AvgIpc) is 2.54. The Hall–Kier alpha value is -1.95. The quantitative estimate of drug-likeness (QED) is 0.845. The van der Waals surface area contributed by atoms with Gasteiger partial charge in [0.25, 0.3) is 5.91 Å². The predicted octanol–water partition coefficient (Wildman–Crippen LogP) is 2.19. The highest BCUT2D eigenvalue weighted by Gasteiger charge is 2.30. The molecule has 0 radical (unpaired) electrons. The van der Waals surface area contributed by atoms with Gasteiger partial charge < -0.3 is 4.90 Å². The summed E-state index contributed by atoms with van der Waals surface area (Å²) in [6.07, 6.45) is 4.35. The number of sulfone groups is 1. The van der Waals surface area contributed by atoms with Gasteiger partial charge in [0.15, 0.2) is 9.84 Å². The molecule has 2 aromatic rings. The van der Waals surface area contributed by atoms with Gasteiger partial charge in [-0.1, -0.05) is 0 Å². The van der Waals surface area contributed by atoms with Crippen LogP contribution in [-0.4, -0.2) is 48.8 Å². The molecule has 5 nitrogen and oxygen atoms in total. The molecule has 6 heteroatoms. The third kappa shape index (κ3) is 3.22. The molecule has 1 aromatic heterocycles. The van der Waals surface area contributed by atoms with E-state index in [2.05, 4.69) is 4.98 Å². The normalized spacial score (nSPS) is 19.0. The summed E-state index contributed by atoms with van der Waals surface area (Å²) in [5, 5.41) is 0.499. The summed E-state index contributed by atoms with van der Waals surface area (Å²) in [4.78, 5) is 18.7. The Morgan fingerprint density at radius 3 is 2.83 bits per heavy atom. The summed E-state index contributed by atoms with van der Waals surface area (Å²) >= 11 is 0. The van der Waals surface area contributed by atoms with E-state index < -0.39 is 15.1 Å². The summed E-state index contributed by atoms with van der Waals surface area (Å²) in [7, 11) is -3.12. The molecule has 1 aliphatic heterocycles. The molecule has 3 rings (SSSR count). The number of carbonyl (C=O) groups excluding carboxylic acids is 1. The van der Waals surface area contributed by atoms with Gasteiger partial charge in [0, 0.05) is 36.5 Å². The number of carbonyl (C=O) groups is 1. The van der Waals surface area contributed by atoms with E-state index in [0.29, 0.717) is 18.5 Å². The fraction of sp³-hybridized carbons (Fsp3) is 0.412. The first-order valence-electron chi connectivity index (χ1n) is 7.70. The van der Waals surface area contributed by atoms with Gasteiger partial charge in [-0.15, -0.1) is 0 Å². The maximum absolute atomic E-state index is 12.7. The van der Waals surface area contributed by atoms with Gasteiger partial charge in [-0.3, -0.25) is 9.78 Å². The zero-order chi connectivity index (χ0) is 16.6. The fourth-order valence-electron chi connectivity index (χ4n) is 3.07. The van der Waals surface area contributed by atoms with Crippen LogP contribution in [-0.2, 0) is 9.84 Å². The van der Waals surface area contributed by atoms with Crippen molar-refractivity contribution in [1.82, 2.24) is 9.88 Å². The van der Waals surface area contributed by atoms with E-state index in [4.69, 9.17) is 0 Å². The highest BCUT2D eigenvalue weighted by Crippen LogP contribution is 2.22. The first-order valence-corrected chi connectivity index (χ1v) is 9.65. The summed E-state index contributed by atoms with van der Waals surface area (Å²) in [6.45, 7) is 2.87. The number of fused-ring (bicyclic) bond motifs is 1. The van der Waals surface area contributed by atoms with Crippen molar-refractivity contribution in [2.75, 3.05) is 19.3 Å². The number of benzene rings is 1. The number of likely N-dealkylation sites (tertiary alicyclic amines) is 1. The molecule has 0 spiro atoms. The van der Waals surface area contributed by atoms with Crippen LogP contribution in [0.4, 0.5) is 0 Å². The number of rotatable bonds is 2. The molecule has 1 aliphatic rings. The van der Waals surface area contributed by atoms with E-state index in [1.165, 1.54) is 6.26 Å². The van der Waals surface area contributed by atoms with Crippen molar-refractivity contribution >= 4 is 26.6 Å². The number of piperidine rings is 1. The highest BCUT2D eigenvalue weighted by atomic mass is 32.2. The summed E-state index contributed by atoms with van der Waals surface area (Å²) in [6, 6.07) is 7.37. The number of aryl methyl sites for hydroxylation is 1. The maximum Gasteiger partial charge on any atom is 0.253 e. The first-order chi connectivity index (χ1) is 10.9. The number of aromatic nitrogens is 1. The zero-order valence-electron chi connectivity index (χ0n) is 13.3. The van der Waals surface area contributed by atoms with Gasteiger partial charge in [0.05, 0.1) is 10.8 Å². The minimum atomic E-state index is -3.12.